The van der Waals surface area contributed by atoms with Gasteiger partial charge in [0.25, 0.3) is 0 Å². The summed E-state index contributed by atoms with van der Waals surface area (Å²) in [6, 6.07) is 7.74. The highest BCUT2D eigenvalue weighted by Crippen LogP contribution is 2.18. The van der Waals surface area contributed by atoms with Crippen molar-refractivity contribution in [2.24, 2.45) is 0 Å². The molecule has 0 aliphatic rings. The Labute approximate surface area is 97.8 Å². The zero-order chi connectivity index (χ0) is 12.3. The topological polar surface area (TPSA) is 56.3 Å². The molecular formula is C11H8FNO3S. The van der Waals surface area contributed by atoms with E-state index in [1.807, 2.05) is 0 Å². The Morgan fingerprint density at radius 2 is 2.00 bits per heavy atom. The second-order valence-electron chi connectivity index (χ2n) is 3.18. The highest BCUT2D eigenvalue weighted by molar-refractivity contribution is 7.87. The van der Waals surface area contributed by atoms with Gasteiger partial charge in [0, 0.05) is 18.5 Å². The van der Waals surface area contributed by atoms with Crippen LogP contribution in [0.3, 0.4) is 0 Å². The second-order valence-corrected chi connectivity index (χ2v) is 4.73. The van der Waals surface area contributed by atoms with Crippen molar-refractivity contribution in [3.8, 4) is 5.75 Å². The van der Waals surface area contributed by atoms with Gasteiger partial charge < -0.3 is 4.18 Å². The largest absolute Gasteiger partial charge is 0.379 e. The molecule has 0 spiro atoms. The Morgan fingerprint density at radius 1 is 1.18 bits per heavy atom. The molecule has 2 rings (SSSR count). The van der Waals surface area contributed by atoms with Crippen LogP contribution in [0.15, 0.2) is 53.7 Å². The standard InChI is InChI=1S/C11H8FNO3S/c12-9-3-1-4-10(7-9)16-17(14,15)11-5-2-6-13-8-11/h1-8H. The molecule has 2 aromatic rings. The summed E-state index contributed by atoms with van der Waals surface area (Å²) < 4.78 is 41.1. The fourth-order valence-corrected chi connectivity index (χ4v) is 2.08. The summed E-state index contributed by atoms with van der Waals surface area (Å²) in [4.78, 5) is 3.60. The van der Waals surface area contributed by atoms with E-state index in [0.717, 1.165) is 12.3 Å². The van der Waals surface area contributed by atoms with Crippen molar-refractivity contribution in [1.82, 2.24) is 4.98 Å². The SMILES string of the molecule is O=S(=O)(Oc1cccc(F)c1)c1cccnc1. The third-order valence-corrected chi connectivity index (χ3v) is 3.16. The lowest BCUT2D eigenvalue weighted by Crippen LogP contribution is -2.09. The van der Waals surface area contributed by atoms with Crippen LogP contribution in [0, 0.1) is 5.82 Å². The van der Waals surface area contributed by atoms with Crippen LogP contribution in [0.5, 0.6) is 5.75 Å². The Balaban J connectivity index is 2.30. The molecule has 0 amide bonds. The van der Waals surface area contributed by atoms with Crippen molar-refractivity contribution < 1.29 is 17.0 Å². The first kappa shape index (κ1) is 11.5. The van der Waals surface area contributed by atoms with Gasteiger partial charge in [0.15, 0.2) is 0 Å². The number of rotatable bonds is 3. The summed E-state index contributed by atoms with van der Waals surface area (Å²) in [5.74, 6) is -0.641. The molecule has 0 radical (unpaired) electrons. The van der Waals surface area contributed by atoms with Gasteiger partial charge in [0.2, 0.25) is 0 Å². The van der Waals surface area contributed by atoms with Crippen LogP contribution in [0.1, 0.15) is 0 Å². The van der Waals surface area contributed by atoms with E-state index in [9.17, 15) is 12.8 Å². The number of hydrogen-bond donors (Lipinski definition) is 0. The van der Waals surface area contributed by atoms with Crippen LogP contribution in [-0.4, -0.2) is 13.4 Å². The van der Waals surface area contributed by atoms with E-state index < -0.39 is 15.9 Å². The van der Waals surface area contributed by atoms with Gasteiger partial charge in [-0.2, -0.15) is 8.42 Å². The quantitative estimate of drug-likeness (QED) is 0.785. The summed E-state index contributed by atoms with van der Waals surface area (Å²) in [6.45, 7) is 0. The van der Waals surface area contributed by atoms with Crippen molar-refractivity contribution in [2.75, 3.05) is 0 Å². The van der Waals surface area contributed by atoms with Crippen molar-refractivity contribution in [3.63, 3.8) is 0 Å². The van der Waals surface area contributed by atoms with E-state index in [-0.39, 0.29) is 10.6 Å². The molecule has 17 heavy (non-hydrogen) atoms. The Morgan fingerprint density at radius 3 is 2.65 bits per heavy atom. The van der Waals surface area contributed by atoms with E-state index in [1.54, 1.807) is 0 Å². The summed E-state index contributed by atoms with van der Waals surface area (Å²) in [6.07, 6.45) is 2.61. The summed E-state index contributed by atoms with van der Waals surface area (Å²) in [5, 5.41) is 0. The highest BCUT2D eigenvalue weighted by atomic mass is 32.2. The predicted molar refractivity (Wildman–Crippen MR) is 58.5 cm³/mol. The zero-order valence-corrected chi connectivity index (χ0v) is 9.39. The summed E-state index contributed by atoms with van der Waals surface area (Å²) >= 11 is 0. The minimum Gasteiger partial charge on any atom is -0.379 e. The van der Waals surface area contributed by atoms with Gasteiger partial charge in [-0.1, -0.05) is 6.07 Å². The fraction of sp³-hybridized carbons (Fsp3) is 0. The molecule has 0 aliphatic carbocycles. The first-order valence-corrected chi connectivity index (χ1v) is 6.09. The van der Waals surface area contributed by atoms with E-state index in [2.05, 4.69) is 4.98 Å². The summed E-state index contributed by atoms with van der Waals surface area (Å²) in [7, 11) is -3.96. The molecule has 0 N–H and O–H groups in total. The molecule has 4 nitrogen and oxygen atoms in total. The number of nitrogens with zero attached hydrogens (tertiary/aromatic N) is 1. The Kier molecular flexibility index (Phi) is 3.06. The minimum atomic E-state index is -3.96. The van der Waals surface area contributed by atoms with Crippen LogP contribution in [0.4, 0.5) is 4.39 Å². The van der Waals surface area contributed by atoms with Gasteiger partial charge in [-0.05, 0) is 24.3 Å². The maximum Gasteiger partial charge on any atom is 0.340 e. The lowest BCUT2D eigenvalue weighted by atomic mass is 10.3. The molecule has 88 valence electrons. The molecule has 1 heterocycles. The van der Waals surface area contributed by atoms with Crippen molar-refractivity contribution in [3.05, 3.63) is 54.6 Å². The molecule has 1 aromatic heterocycles. The number of pyridine rings is 1. The average molecular weight is 253 g/mol. The molecule has 0 aliphatic heterocycles. The molecule has 0 saturated carbocycles. The van der Waals surface area contributed by atoms with Gasteiger partial charge in [-0.3, -0.25) is 4.98 Å². The number of benzene rings is 1. The van der Waals surface area contributed by atoms with Crippen LogP contribution >= 0.6 is 0 Å². The molecule has 0 unspecified atom stereocenters. The minimum absolute atomic E-state index is 0.0751. The van der Waals surface area contributed by atoms with Gasteiger partial charge >= 0.3 is 10.1 Å². The third-order valence-electron chi connectivity index (χ3n) is 1.93. The maximum absolute atomic E-state index is 12.9. The average Bonchev–Trinajstić information content (AvgIpc) is 2.29. The number of hydrogen-bond acceptors (Lipinski definition) is 4. The van der Waals surface area contributed by atoms with E-state index in [0.29, 0.717) is 0 Å². The van der Waals surface area contributed by atoms with E-state index in [4.69, 9.17) is 4.18 Å². The molecule has 0 bridgehead atoms. The van der Waals surface area contributed by atoms with E-state index >= 15 is 0 Å². The smallest absolute Gasteiger partial charge is 0.340 e. The van der Waals surface area contributed by atoms with Crippen LogP contribution in [0.25, 0.3) is 0 Å². The Hall–Kier alpha value is -1.95. The van der Waals surface area contributed by atoms with Crippen molar-refractivity contribution >= 4 is 10.1 Å². The highest BCUT2D eigenvalue weighted by Gasteiger charge is 2.16. The Bertz CT molecular complexity index is 614. The molecule has 1 aromatic carbocycles. The van der Waals surface area contributed by atoms with Crippen molar-refractivity contribution in [1.29, 1.82) is 0 Å². The molecule has 0 atom stereocenters. The molecule has 0 fully saturated rings. The van der Waals surface area contributed by atoms with Gasteiger partial charge in [-0.15, -0.1) is 0 Å². The first-order chi connectivity index (χ1) is 8.08. The normalized spacial score (nSPS) is 11.1. The maximum atomic E-state index is 12.9. The van der Waals surface area contributed by atoms with E-state index in [1.165, 1.54) is 36.5 Å². The van der Waals surface area contributed by atoms with Gasteiger partial charge in [0.05, 0.1) is 0 Å². The first-order valence-electron chi connectivity index (χ1n) is 4.68. The van der Waals surface area contributed by atoms with Crippen LogP contribution in [0.2, 0.25) is 0 Å². The van der Waals surface area contributed by atoms with Gasteiger partial charge in [0.1, 0.15) is 16.5 Å². The predicted octanol–water partition coefficient (Wildman–Crippen LogP) is 1.99. The summed E-state index contributed by atoms with van der Waals surface area (Å²) in [5.41, 5.74) is 0. The number of aromatic nitrogens is 1. The second kappa shape index (κ2) is 4.50. The molecule has 6 heteroatoms. The lowest BCUT2D eigenvalue weighted by Gasteiger charge is -2.06. The van der Waals surface area contributed by atoms with Crippen LogP contribution < -0.4 is 4.18 Å². The molecule has 0 saturated heterocycles. The number of halogens is 1. The molecular weight excluding hydrogens is 245 g/mol. The van der Waals surface area contributed by atoms with Crippen molar-refractivity contribution in [2.45, 2.75) is 4.90 Å². The monoisotopic (exact) mass is 253 g/mol. The third kappa shape index (κ3) is 2.79. The van der Waals surface area contributed by atoms with Crippen LogP contribution in [-0.2, 0) is 10.1 Å². The zero-order valence-electron chi connectivity index (χ0n) is 8.58. The lowest BCUT2D eigenvalue weighted by molar-refractivity contribution is 0.483. The van der Waals surface area contributed by atoms with Gasteiger partial charge in [-0.25, -0.2) is 4.39 Å². The fourth-order valence-electron chi connectivity index (χ4n) is 1.19.